The minimum absolute atomic E-state index is 0.610. The second-order valence-corrected chi connectivity index (χ2v) is 12.5. The number of fused-ring (bicyclic) bond motifs is 6. The number of nitrogens with zero attached hydrogens (tertiary/aromatic N) is 2. The van der Waals surface area contributed by atoms with Crippen molar-refractivity contribution in [3.63, 3.8) is 0 Å². The van der Waals surface area contributed by atoms with E-state index in [4.69, 9.17) is 0 Å². The van der Waals surface area contributed by atoms with Crippen molar-refractivity contribution in [1.82, 2.24) is 0 Å². The number of hydrogen-bond acceptors (Lipinski definition) is 4. The molecule has 194 valence electrons. The van der Waals surface area contributed by atoms with Crippen LogP contribution >= 0.6 is 22.7 Å². The van der Waals surface area contributed by atoms with Crippen LogP contribution in [0.15, 0.2) is 121 Å². The smallest absolute Gasteiger partial charge is 0.100 e. The summed E-state index contributed by atoms with van der Waals surface area (Å²) in [5.74, 6) is 0. The first-order valence-corrected chi connectivity index (χ1v) is 15.3. The Hall–Kier alpha value is -5.26. The molecule has 2 nitrogen and oxygen atoms in total. The standard InChI is InChI=1S/C38H20N2S2/c39-21-25-7-1-2-8-27(25)26-18-31(23-14-16-37-33(17-23)29-10-4-6-12-36(29)41-37)34(22-40)32(19-26)24-13-15-30-28-9-3-5-11-35(28)42-38(30)20-24/h1-20H. The summed E-state index contributed by atoms with van der Waals surface area (Å²) in [5, 5.41) is 25.5. The maximum atomic E-state index is 10.7. The molecule has 0 atom stereocenters. The van der Waals surface area contributed by atoms with Gasteiger partial charge in [0.1, 0.15) is 6.07 Å². The Morgan fingerprint density at radius 2 is 0.976 bits per heavy atom. The third-order valence-corrected chi connectivity index (χ3v) is 10.3. The highest BCUT2D eigenvalue weighted by Gasteiger charge is 2.18. The highest BCUT2D eigenvalue weighted by atomic mass is 32.1. The summed E-state index contributed by atoms with van der Waals surface area (Å²) in [6.07, 6.45) is 0. The van der Waals surface area contributed by atoms with Crippen LogP contribution < -0.4 is 0 Å². The monoisotopic (exact) mass is 568 g/mol. The van der Waals surface area contributed by atoms with E-state index in [1.54, 1.807) is 22.7 Å². The lowest BCUT2D eigenvalue weighted by Gasteiger charge is -2.15. The predicted molar refractivity (Wildman–Crippen MR) is 178 cm³/mol. The third kappa shape index (κ3) is 3.82. The van der Waals surface area contributed by atoms with Crippen LogP contribution in [0.4, 0.5) is 0 Å². The van der Waals surface area contributed by atoms with Crippen LogP contribution in [-0.2, 0) is 0 Å². The van der Waals surface area contributed by atoms with Gasteiger partial charge in [-0.25, -0.2) is 0 Å². The second kappa shape index (κ2) is 9.68. The van der Waals surface area contributed by atoms with Crippen LogP contribution in [0, 0.1) is 22.7 Å². The quantitative estimate of drug-likeness (QED) is 0.213. The largest absolute Gasteiger partial charge is 0.192 e. The number of benzene rings is 6. The van der Waals surface area contributed by atoms with E-state index in [0.717, 1.165) is 33.4 Å². The van der Waals surface area contributed by atoms with E-state index in [1.807, 2.05) is 24.3 Å². The van der Waals surface area contributed by atoms with Crippen molar-refractivity contribution in [2.45, 2.75) is 0 Å². The van der Waals surface area contributed by atoms with Crippen molar-refractivity contribution in [3.05, 3.63) is 132 Å². The lowest BCUT2D eigenvalue weighted by atomic mass is 9.87. The van der Waals surface area contributed by atoms with Gasteiger partial charge in [0.25, 0.3) is 0 Å². The Labute approximate surface area is 250 Å². The van der Waals surface area contributed by atoms with E-state index in [0.29, 0.717) is 11.1 Å². The van der Waals surface area contributed by atoms with Crippen LogP contribution in [0.25, 0.3) is 73.7 Å². The first-order chi connectivity index (χ1) is 20.7. The van der Waals surface area contributed by atoms with Crippen molar-refractivity contribution in [1.29, 1.82) is 10.5 Å². The van der Waals surface area contributed by atoms with Gasteiger partial charge < -0.3 is 0 Å². The van der Waals surface area contributed by atoms with Gasteiger partial charge >= 0.3 is 0 Å². The van der Waals surface area contributed by atoms with E-state index >= 15 is 0 Å². The molecule has 8 aromatic rings. The highest BCUT2D eigenvalue weighted by molar-refractivity contribution is 7.26. The third-order valence-electron chi connectivity index (χ3n) is 7.99. The van der Waals surface area contributed by atoms with Crippen molar-refractivity contribution >= 4 is 63.0 Å². The zero-order chi connectivity index (χ0) is 28.2. The number of rotatable bonds is 3. The van der Waals surface area contributed by atoms with Gasteiger partial charge in [-0.3, -0.25) is 0 Å². The minimum Gasteiger partial charge on any atom is -0.192 e. The maximum absolute atomic E-state index is 10.7. The fourth-order valence-electron chi connectivity index (χ4n) is 5.99. The van der Waals surface area contributed by atoms with Gasteiger partial charge in [0, 0.05) is 51.5 Å². The van der Waals surface area contributed by atoms with Crippen LogP contribution in [-0.4, -0.2) is 0 Å². The molecule has 0 saturated carbocycles. The van der Waals surface area contributed by atoms with E-state index in [9.17, 15) is 10.5 Å². The summed E-state index contributed by atoms with van der Waals surface area (Å²) in [6, 6.07) is 46.7. The lowest BCUT2D eigenvalue weighted by Crippen LogP contribution is -1.94. The molecule has 0 bridgehead atoms. The van der Waals surface area contributed by atoms with Gasteiger partial charge in [-0.15, -0.1) is 22.7 Å². The number of nitriles is 2. The van der Waals surface area contributed by atoms with E-state index in [2.05, 4.69) is 109 Å². The molecule has 0 unspecified atom stereocenters. The average Bonchev–Trinajstić information content (AvgIpc) is 3.61. The molecule has 0 spiro atoms. The van der Waals surface area contributed by atoms with Crippen LogP contribution in [0.2, 0.25) is 0 Å². The predicted octanol–water partition coefficient (Wildman–Crippen LogP) is 11.2. The Morgan fingerprint density at radius 3 is 1.71 bits per heavy atom. The summed E-state index contributed by atoms with van der Waals surface area (Å²) in [4.78, 5) is 0. The maximum Gasteiger partial charge on any atom is 0.100 e. The Morgan fingerprint density at radius 1 is 0.405 bits per heavy atom. The first kappa shape index (κ1) is 24.5. The molecule has 2 heterocycles. The zero-order valence-electron chi connectivity index (χ0n) is 22.3. The van der Waals surface area contributed by atoms with Gasteiger partial charge in [0.05, 0.1) is 17.2 Å². The second-order valence-electron chi connectivity index (χ2n) is 10.3. The lowest BCUT2D eigenvalue weighted by molar-refractivity contribution is 1.46. The van der Waals surface area contributed by atoms with Crippen LogP contribution in [0.5, 0.6) is 0 Å². The summed E-state index contributed by atoms with van der Waals surface area (Å²) in [6.45, 7) is 0. The van der Waals surface area contributed by atoms with Crippen LogP contribution in [0.1, 0.15) is 11.1 Å². The number of hydrogen-bond donors (Lipinski definition) is 0. The molecule has 0 fully saturated rings. The highest BCUT2D eigenvalue weighted by Crippen LogP contribution is 2.43. The van der Waals surface area contributed by atoms with Gasteiger partial charge in [-0.05, 0) is 70.8 Å². The molecule has 42 heavy (non-hydrogen) atoms. The normalized spacial score (nSPS) is 11.3. The van der Waals surface area contributed by atoms with Crippen LogP contribution in [0.3, 0.4) is 0 Å². The summed E-state index contributed by atoms with van der Waals surface area (Å²) < 4.78 is 4.91. The fourth-order valence-corrected chi connectivity index (χ4v) is 8.22. The van der Waals surface area contributed by atoms with Crippen molar-refractivity contribution < 1.29 is 0 Å². The van der Waals surface area contributed by atoms with E-state index in [-0.39, 0.29) is 0 Å². The van der Waals surface area contributed by atoms with Gasteiger partial charge in [-0.2, -0.15) is 10.5 Å². The SMILES string of the molecule is N#Cc1ccccc1-c1cc(-c2ccc3c(c2)sc2ccccc23)c(C#N)c(-c2ccc3sc4ccccc4c3c2)c1. The molecule has 0 aliphatic heterocycles. The average molecular weight is 569 g/mol. The summed E-state index contributed by atoms with van der Waals surface area (Å²) >= 11 is 3.55. The molecule has 0 amide bonds. The molecule has 2 aromatic heterocycles. The molecule has 0 saturated heterocycles. The zero-order valence-corrected chi connectivity index (χ0v) is 23.9. The van der Waals surface area contributed by atoms with E-state index < -0.39 is 0 Å². The molecule has 0 aliphatic rings. The molecular weight excluding hydrogens is 549 g/mol. The minimum atomic E-state index is 0.610. The van der Waals surface area contributed by atoms with Crippen molar-refractivity contribution in [3.8, 4) is 45.5 Å². The molecule has 4 heteroatoms. The van der Waals surface area contributed by atoms with Gasteiger partial charge in [0.15, 0.2) is 0 Å². The van der Waals surface area contributed by atoms with E-state index in [1.165, 1.54) is 40.3 Å². The molecule has 8 rings (SSSR count). The Kier molecular flexibility index (Phi) is 5.66. The Balaban J connectivity index is 1.42. The fraction of sp³-hybridized carbons (Fsp3) is 0. The van der Waals surface area contributed by atoms with Crippen molar-refractivity contribution in [2.75, 3.05) is 0 Å². The van der Waals surface area contributed by atoms with Gasteiger partial charge in [-0.1, -0.05) is 72.8 Å². The molecule has 0 N–H and O–H groups in total. The number of thiophene rings is 2. The Bertz CT molecular complexity index is 2450. The van der Waals surface area contributed by atoms with Crippen molar-refractivity contribution in [2.24, 2.45) is 0 Å². The summed E-state index contributed by atoms with van der Waals surface area (Å²) in [5.41, 5.74) is 6.73. The molecule has 6 aromatic carbocycles. The molecule has 0 radical (unpaired) electrons. The first-order valence-electron chi connectivity index (χ1n) is 13.6. The molecule has 0 aliphatic carbocycles. The van der Waals surface area contributed by atoms with Gasteiger partial charge in [0.2, 0.25) is 0 Å². The topological polar surface area (TPSA) is 47.6 Å². The molecular formula is C38H20N2S2. The summed E-state index contributed by atoms with van der Waals surface area (Å²) in [7, 11) is 0.